The van der Waals surface area contributed by atoms with E-state index in [2.05, 4.69) is 0 Å². The number of nitrogens with zero attached hydrogens (tertiary/aromatic N) is 1. The molecule has 1 aliphatic rings. The Labute approximate surface area is 166 Å². The number of allylic oxidation sites excluding steroid dienone is 4. The second-order valence-electron chi connectivity index (χ2n) is 6.42. The molecule has 1 aliphatic carbocycles. The van der Waals surface area contributed by atoms with E-state index in [1.165, 1.54) is 4.57 Å². The SMILES string of the molecule is CS(=O)(=O)NC(=O)c1c(C2=CC=CCC2=O)c2cc(Cl)ccc2n1CCCF. The number of Topliss-reactive ketones (excluding diaryl/α,β-unsaturated/α-hetero) is 1. The van der Waals surface area contributed by atoms with Crippen LogP contribution in [0.1, 0.15) is 28.9 Å². The number of ketones is 1. The normalized spacial score (nSPS) is 14.4. The van der Waals surface area contributed by atoms with Gasteiger partial charge >= 0.3 is 0 Å². The van der Waals surface area contributed by atoms with E-state index in [-0.39, 0.29) is 36.4 Å². The second-order valence-corrected chi connectivity index (χ2v) is 8.60. The average Bonchev–Trinajstić information content (AvgIpc) is 2.92. The highest BCUT2D eigenvalue weighted by Gasteiger charge is 2.29. The van der Waals surface area contributed by atoms with Crippen LogP contribution in [0, 0.1) is 0 Å². The van der Waals surface area contributed by atoms with Gasteiger partial charge in [0, 0.05) is 40.0 Å². The predicted octanol–water partition coefficient (Wildman–Crippen LogP) is 3.26. The van der Waals surface area contributed by atoms with Gasteiger partial charge in [-0.3, -0.25) is 14.0 Å². The molecule has 0 radical (unpaired) electrons. The van der Waals surface area contributed by atoms with Crippen molar-refractivity contribution in [2.75, 3.05) is 12.9 Å². The summed E-state index contributed by atoms with van der Waals surface area (Å²) in [6, 6.07) is 4.90. The van der Waals surface area contributed by atoms with Crippen molar-refractivity contribution in [1.82, 2.24) is 9.29 Å². The van der Waals surface area contributed by atoms with Crippen LogP contribution < -0.4 is 4.72 Å². The molecule has 1 aromatic carbocycles. The number of sulfonamides is 1. The number of aryl methyl sites for hydroxylation is 1. The topological polar surface area (TPSA) is 85.2 Å². The number of amides is 1. The molecule has 0 saturated heterocycles. The van der Waals surface area contributed by atoms with Crippen molar-refractivity contribution in [2.24, 2.45) is 0 Å². The lowest BCUT2D eigenvalue weighted by Gasteiger charge is -2.13. The number of halogens is 2. The molecular weight excluding hydrogens is 407 g/mol. The molecule has 1 N–H and O–H groups in total. The minimum atomic E-state index is -3.85. The van der Waals surface area contributed by atoms with Gasteiger partial charge in [0.15, 0.2) is 5.78 Å². The number of carbonyl (C=O) groups excluding carboxylic acids is 2. The lowest BCUT2D eigenvalue weighted by Crippen LogP contribution is -2.32. The van der Waals surface area contributed by atoms with Crippen LogP contribution >= 0.6 is 11.6 Å². The first-order valence-corrected chi connectivity index (χ1v) is 10.8. The second kappa shape index (κ2) is 7.89. The van der Waals surface area contributed by atoms with E-state index in [0.29, 0.717) is 21.5 Å². The Hall–Kier alpha value is -2.45. The summed E-state index contributed by atoms with van der Waals surface area (Å²) < 4.78 is 39.6. The van der Waals surface area contributed by atoms with Gasteiger partial charge in [-0.2, -0.15) is 0 Å². The van der Waals surface area contributed by atoms with Crippen LogP contribution in [-0.2, 0) is 21.4 Å². The van der Waals surface area contributed by atoms with Crippen LogP contribution in [0.3, 0.4) is 0 Å². The standard InChI is InChI=1S/C19H18ClFN2O4S/c1-28(26,27)22-19(25)18-17(13-5-2-3-6-16(13)24)14-11-12(20)7-8-15(14)23(18)10-4-9-21/h2-3,5,7-8,11H,4,6,9-10H2,1H3,(H,22,25). The molecule has 0 aliphatic heterocycles. The molecule has 0 bridgehead atoms. The smallest absolute Gasteiger partial charge is 0.282 e. The molecule has 1 aromatic heterocycles. The lowest BCUT2D eigenvalue weighted by atomic mass is 9.93. The van der Waals surface area contributed by atoms with Gasteiger partial charge in [-0.15, -0.1) is 0 Å². The highest BCUT2D eigenvalue weighted by molar-refractivity contribution is 7.89. The Balaban J connectivity index is 2.37. The molecular formula is C19H18ClFN2O4S. The van der Waals surface area contributed by atoms with Crippen LogP contribution in [0.15, 0.2) is 36.4 Å². The van der Waals surface area contributed by atoms with Crippen LogP contribution in [0.5, 0.6) is 0 Å². The maximum absolute atomic E-state index is 12.9. The van der Waals surface area contributed by atoms with Gasteiger partial charge in [0.2, 0.25) is 10.0 Å². The molecule has 0 unspecified atom stereocenters. The van der Waals surface area contributed by atoms with Crippen molar-refractivity contribution < 1.29 is 22.4 Å². The fraction of sp³-hybridized carbons (Fsp3) is 0.263. The van der Waals surface area contributed by atoms with Crippen LogP contribution in [0.4, 0.5) is 4.39 Å². The van der Waals surface area contributed by atoms with E-state index in [4.69, 9.17) is 11.6 Å². The van der Waals surface area contributed by atoms with Gasteiger partial charge in [-0.1, -0.05) is 29.8 Å². The lowest BCUT2D eigenvalue weighted by molar-refractivity contribution is -0.113. The number of fused-ring (bicyclic) bond motifs is 1. The van der Waals surface area contributed by atoms with Gasteiger partial charge in [-0.05, 0) is 24.6 Å². The van der Waals surface area contributed by atoms with Crippen LogP contribution in [0.2, 0.25) is 5.02 Å². The van der Waals surface area contributed by atoms with Crippen molar-refractivity contribution >= 4 is 49.8 Å². The molecule has 1 heterocycles. The number of nitrogens with one attached hydrogen (secondary N) is 1. The van der Waals surface area contributed by atoms with Gasteiger partial charge < -0.3 is 4.57 Å². The largest absolute Gasteiger partial charge is 0.336 e. The zero-order chi connectivity index (χ0) is 20.5. The van der Waals surface area contributed by atoms with Gasteiger partial charge in [0.25, 0.3) is 5.91 Å². The average molecular weight is 425 g/mol. The number of alkyl halides is 1. The Morgan fingerprint density at radius 2 is 2.11 bits per heavy atom. The maximum Gasteiger partial charge on any atom is 0.282 e. The quantitative estimate of drug-likeness (QED) is 0.771. The molecule has 0 saturated carbocycles. The maximum atomic E-state index is 12.9. The Morgan fingerprint density at radius 3 is 2.75 bits per heavy atom. The minimum Gasteiger partial charge on any atom is -0.336 e. The summed E-state index contributed by atoms with van der Waals surface area (Å²) in [5.74, 6) is -1.09. The Morgan fingerprint density at radius 1 is 1.36 bits per heavy atom. The molecule has 28 heavy (non-hydrogen) atoms. The van der Waals surface area contributed by atoms with E-state index in [0.717, 1.165) is 6.26 Å². The number of hydrogen-bond acceptors (Lipinski definition) is 4. The highest BCUT2D eigenvalue weighted by atomic mass is 35.5. The molecule has 9 heteroatoms. The fourth-order valence-electron chi connectivity index (χ4n) is 3.27. The molecule has 3 rings (SSSR count). The van der Waals surface area contributed by atoms with E-state index in [1.807, 2.05) is 4.72 Å². The first-order chi connectivity index (χ1) is 13.2. The van der Waals surface area contributed by atoms with Crippen molar-refractivity contribution in [2.45, 2.75) is 19.4 Å². The summed E-state index contributed by atoms with van der Waals surface area (Å²) >= 11 is 6.13. The number of rotatable bonds is 6. The predicted molar refractivity (Wildman–Crippen MR) is 107 cm³/mol. The first-order valence-electron chi connectivity index (χ1n) is 8.53. The van der Waals surface area contributed by atoms with Gasteiger partial charge in [0.05, 0.1) is 12.9 Å². The van der Waals surface area contributed by atoms with E-state index >= 15 is 0 Å². The van der Waals surface area contributed by atoms with E-state index < -0.39 is 22.6 Å². The number of aromatic nitrogens is 1. The van der Waals surface area contributed by atoms with Gasteiger partial charge in [0.1, 0.15) is 5.69 Å². The van der Waals surface area contributed by atoms with E-state index in [1.54, 1.807) is 36.4 Å². The monoisotopic (exact) mass is 424 g/mol. The molecule has 0 spiro atoms. The number of benzene rings is 1. The fourth-order valence-corrected chi connectivity index (χ4v) is 3.87. The third-order valence-electron chi connectivity index (χ3n) is 4.31. The van der Waals surface area contributed by atoms with Crippen molar-refractivity contribution in [3.8, 4) is 0 Å². The van der Waals surface area contributed by atoms with Crippen LogP contribution in [0.25, 0.3) is 16.5 Å². The molecule has 148 valence electrons. The molecule has 0 atom stereocenters. The molecule has 0 fully saturated rings. The molecule has 2 aromatic rings. The Kier molecular flexibility index (Phi) is 5.71. The molecule has 1 amide bonds. The third-order valence-corrected chi connectivity index (χ3v) is 5.10. The first kappa shape index (κ1) is 20.3. The summed E-state index contributed by atoms with van der Waals surface area (Å²) in [5, 5.41) is 0.922. The zero-order valence-electron chi connectivity index (χ0n) is 15.0. The van der Waals surface area contributed by atoms with Crippen molar-refractivity contribution in [1.29, 1.82) is 0 Å². The Bertz CT molecular complexity index is 1130. The summed E-state index contributed by atoms with van der Waals surface area (Å²) in [6.07, 6.45) is 6.12. The van der Waals surface area contributed by atoms with E-state index in [9.17, 15) is 22.4 Å². The number of carbonyl (C=O) groups is 2. The summed E-state index contributed by atoms with van der Waals surface area (Å²) in [5.41, 5.74) is 1.14. The zero-order valence-corrected chi connectivity index (χ0v) is 16.6. The summed E-state index contributed by atoms with van der Waals surface area (Å²) in [6.45, 7) is -0.474. The van der Waals surface area contributed by atoms with Crippen molar-refractivity contribution in [3.05, 3.63) is 52.7 Å². The summed E-state index contributed by atoms with van der Waals surface area (Å²) in [7, 11) is -3.85. The summed E-state index contributed by atoms with van der Waals surface area (Å²) in [4.78, 5) is 25.4. The van der Waals surface area contributed by atoms with Crippen molar-refractivity contribution in [3.63, 3.8) is 0 Å². The van der Waals surface area contributed by atoms with Gasteiger partial charge in [-0.25, -0.2) is 13.1 Å². The minimum absolute atomic E-state index is 0.00829. The highest BCUT2D eigenvalue weighted by Crippen LogP contribution is 2.36. The molecule has 6 nitrogen and oxygen atoms in total. The van der Waals surface area contributed by atoms with Crippen LogP contribution in [-0.4, -0.2) is 37.6 Å². The number of hydrogen-bond donors (Lipinski definition) is 1. The third kappa shape index (κ3) is 4.02.